The molecule has 0 spiro atoms. The number of allylic oxidation sites excluding steroid dienone is 1. The number of benzene rings is 1. The minimum Gasteiger partial charge on any atom is -0.437 e. The van der Waals surface area contributed by atoms with E-state index in [-0.39, 0.29) is 0 Å². The normalized spacial score (nSPS) is 15.6. The van der Waals surface area contributed by atoms with Crippen molar-refractivity contribution in [3.8, 4) is 0 Å². The van der Waals surface area contributed by atoms with Gasteiger partial charge in [0, 0.05) is 0 Å². The van der Waals surface area contributed by atoms with E-state index in [1.165, 1.54) is 5.56 Å². The summed E-state index contributed by atoms with van der Waals surface area (Å²) >= 11 is 0. The quantitative estimate of drug-likeness (QED) is 0.0635. The summed E-state index contributed by atoms with van der Waals surface area (Å²) in [6, 6.07) is 11.4. The summed E-state index contributed by atoms with van der Waals surface area (Å²) in [5.41, 5.74) is 1.21. The van der Waals surface area contributed by atoms with E-state index in [2.05, 4.69) is 239 Å². The third-order valence-corrected chi connectivity index (χ3v) is 66.3. The first-order valence-electron chi connectivity index (χ1n) is 25.0. The van der Waals surface area contributed by atoms with E-state index >= 15 is 0 Å². The van der Waals surface area contributed by atoms with Crippen LogP contribution in [0.3, 0.4) is 0 Å². The standard InChI is InChI=1S/C41H104O14Si15/c1-56(2,3)42-58(6,7)44-60(10,11)46-62(14,15)48-64(18,19)50-66(22,23)52-68(26,27)54-70(30,31)55-69(28,29)53-67(24,25)51-65(20,21)49-63(16,17)47-61(12,13)45-59(8,9)43-57(4,5)40-36-35-39-41-37-33-32-34-38-41/h32-35,37-39H,36,40H2,1-31H3. The molecule has 0 fully saturated rings. The monoisotopic (exact) mass is 1240 g/mol. The molecule has 1 aromatic rings. The van der Waals surface area contributed by atoms with Gasteiger partial charge in [0.15, 0.2) is 16.6 Å². The number of rotatable bonds is 32. The zero-order valence-electron chi connectivity index (χ0n) is 50.2. The first kappa shape index (κ1) is 69.7. The second kappa shape index (κ2) is 24.8. The summed E-state index contributed by atoms with van der Waals surface area (Å²) in [6.07, 6.45) is 5.40. The van der Waals surface area contributed by atoms with Crippen LogP contribution in [0.1, 0.15) is 12.0 Å². The lowest BCUT2D eigenvalue weighted by Gasteiger charge is -2.45. The molecule has 0 atom stereocenters. The van der Waals surface area contributed by atoms with Crippen molar-refractivity contribution < 1.29 is 57.6 Å². The Hall–Kier alpha value is 1.65. The van der Waals surface area contributed by atoms with Gasteiger partial charge in [0.1, 0.15) is 0 Å². The Bertz CT molecular complexity index is 1820. The Kier molecular flexibility index (Phi) is 24.6. The molecule has 412 valence electrons. The molecule has 0 radical (unpaired) electrons. The lowest BCUT2D eigenvalue weighted by Crippen LogP contribution is -2.63. The Balaban J connectivity index is 2.92. The molecule has 0 aromatic heterocycles. The van der Waals surface area contributed by atoms with Gasteiger partial charge in [-0.1, -0.05) is 42.5 Å². The van der Waals surface area contributed by atoms with Crippen LogP contribution in [0.25, 0.3) is 6.08 Å². The average molecular weight is 1240 g/mol. The van der Waals surface area contributed by atoms with Crippen molar-refractivity contribution in [1.29, 1.82) is 0 Å². The van der Waals surface area contributed by atoms with Crippen molar-refractivity contribution in [3.63, 3.8) is 0 Å². The highest BCUT2D eigenvalue weighted by atomic mass is 28.5. The van der Waals surface area contributed by atoms with Gasteiger partial charge in [0.05, 0.1) is 0 Å². The van der Waals surface area contributed by atoms with Crippen LogP contribution in [0.15, 0.2) is 36.4 Å². The van der Waals surface area contributed by atoms with E-state index in [0.717, 1.165) is 12.5 Å². The predicted molar refractivity (Wildman–Crippen MR) is 328 cm³/mol. The predicted octanol–water partition coefficient (Wildman–Crippen LogP) is 14.5. The largest absolute Gasteiger partial charge is 0.437 e. The van der Waals surface area contributed by atoms with E-state index in [0.29, 0.717) is 0 Å². The minimum atomic E-state index is -2.80. The number of hydrogen-bond acceptors (Lipinski definition) is 14. The third-order valence-electron chi connectivity index (χ3n) is 9.00. The van der Waals surface area contributed by atoms with E-state index in [1.54, 1.807) is 0 Å². The molecule has 0 aliphatic heterocycles. The SMILES string of the molecule is C[Si](C)(C)O[Si](C)(C)O[Si](C)(C)O[Si](C)(C)O[Si](C)(C)O[Si](C)(C)O[Si](C)(C)O[Si](C)(C)O[Si](C)(C)O[Si](C)(C)O[Si](C)(C)O[Si](C)(C)O[Si](C)(C)O[Si](C)(C)O[Si](C)(C)CCC=Cc1ccccc1. The Labute approximate surface area is 445 Å². The molecule has 1 aromatic carbocycles. The van der Waals surface area contributed by atoms with Crippen molar-refractivity contribution in [1.82, 2.24) is 0 Å². The second-order valence-electron chi connectivity index (χ2n) is 25.9. The topological polar surface area (TPSA) is 129 Å². The van der Waals surface area contributed by atoms with Crippen LogP contribution in [-0.4, -0.2) is 128 Å². The minimum absolute atomic E-state index is 0.970. The van der Waals surface area contributed by atoms with Crippen molar-refractivity contribution >= 4 is 134 Å². The zero-order chi connectivity index (χ0) is 55.3. The van der Waals surface area contributed by atoms with Gasteiger partial charge in [0.25, 0.3) is 0 Å². The molecule has 14 nitrogen and oxygen atoms in total. The van der Waals surface area contributed by atoms with E-state index in [4.69, 9.17) is 57.6 Å². The third kappa shape index (κ3) is 31.8. The molecule has 0 aliphatic rings. The van der Waals surface area contributed by atoms with Crippen molar-refractivity contribution in [2.75, 3.05) is 0 Å². The van der Waals surface area contributed by atoms with Crippen LogP contribution < -0.4 is 0 Å². The molecule has 0 saturated carbocycles. The number of hydrogen-bond donors (Lipinski definition) is 0. The van der Waals surface area contributed by atoms with Crippen molar-refractivity contribution in [2.24, 2.45) is 0 Å². The summed E-state index contributed by atoms with van der Waals surface area (Å²) < 4.78 is 95.6. The van der Waals surface area contributed by atoms with Crippen LogP contribution in [0, 0.1) is 0 Å². The fraction of sp³-hybridized carbons (Fsp3) is 0.805. The fourth-order valence-corrected chi connectivity index (χ4v) is 86.4. The Morgan fingerprint density at radius 1 is 0.271 bits per heavy atom. The van der Waals surface area contributed by atoms with Crippen LogP contribution in [0.4, 0.5) is 0 Å². The molecule has 0 bridgehead atoms. The lowest BCUT2D eigenvalue weighted by atomic mass is 10.2. The van der Waals surface area contributed by atoms with E-state index < -0.39 is 128 Å². The van der Waals surface area contributed by atoms with Gasteiger partial charge in [-0.2, -0.15) is 0 Å². The smallest absolute Gasteiger partial charge is 0.314 e. The van der Waals surface area contributed by atoms with Gasteiger partial charge in [-0.15, -0.1) is 0 Å². The molecule has 0 unspecified atom stereocenters. The fourth-order valence-electron chi connectivity index (χ4n) is 10.0. The molecule has 70 heavy (non-hydrogen) atoms. The average Bonchev–Trinajstić information content (AvgIpc) is 2.93. The molecular formula is C41H104O14Si15. The Morgan fingerprint density at radius 3 is 0.686 bits per heavy atom. The van der Waals surface area contributed by atoms with Crippen LogP contribution >= 0.6 is 0 Å². The maximum absolute atomic E-state index is 6.91. The molecule has 0 saturated heterocycles. The van der Waals surface area contributed by atoms with Crippen molar-refractivity contribution in [2.45, 2.75) is 215 Å². The summed E-state index contributed by atoms with van der Waals surface area (Å²) in [6.45, 7) is 65.3. The molecule has 29 heteroatoms. The zero-order valence-corrected chi connectivity index (χ0v) is 65.2. The maximum atomic E-state index is 6.91. The highest BCUT2D eigenvalue weighted by Gasteiger charge is 2.52. The summed E-state index contributed by atoms with van der Waals surface area (Å²) in [7, 11) is -38.9. The highest BCUT2D eigenvalue weighted by Crippen LogP contribution is 2.33. The second-order valence-corrected chi connectivity index (χ2v) is 81.9. The van der Waals surface area contributed by atoms with Crippen LogP contribution in [-0.2, 0) is 57.6 Å². The van der Waals surface area contributed by atoms with Gasteiger partial charge >= 0.3 is 111 Å². The molecule has 1 rings (SSSR count). The first-order valence-corrected chi connectivity index (χ1v) is 68.1. The van der Waals surface area contributed by atoms with Crippen LogP contribution in [0.2, 0.25) is 209 Å². The Morgan fingerprint density at radius 2 is 0.471 bits per heavy atom. The summed E-state index contributed by atoms with van der Waals surface area (Å²) in [4.78, 5) is 0. The van der Waals surface area contributed by atoms with Gasteiger partial charge < -0.3 is 57.6 Å². The first-order chi connectivity index (χ1) is 30.5. The highest BCUT2D eigenvalue weighted by molar-refractivity contribution is 6.95. The van der Waals surface area contributed by atoms with Gasteiger partial charge in [-0.05, 0) is 221 Å². The summed E-state index contributed by atoms with van der Waals surface area (Å²) in [5.74, 6) is 0. The molecule has 0 aliphatic carbocycles. The van der Waals surface area contributed by atoms with Crippen molar-refractivity contribution in [3.05, 3.63) is 42.0 Å². The molecule has 0 N–H and O–H groups in total. The van der Waals surface area contributed by atoms with Gasteiger partial charge in [0.2, 0.25) is 0 Å². The summed E-state index contributed by atoms with van der Waals surface area (Å²) in [5, 5.41) is 0. The maximum Gasteiger partial charge on any atom is 0.314 e. The lowest BCUT2D eigenvalue weighted by molar-refractivity contribution is 0.251. The van der Waals surface area contributed by atoms with E-state index in [1.807, 2.05) is 6.07 Å². The van der Waals surface area contributed by atoms with Gasteiger partial charge in [-0.25, -0.2) is 0 Å². The molecule has 0 heterocycles. The van der Waals surface area contributed by atoms with E-state index in [9.17, 15) is 0 Å². The molecular weight excluding hydrogens is 1140 g/mol. The van der Waals surface area contributed by atoms with Crippen LogP contribution in [0.5, 0.6) is 0 Å². The molecule has 0 amide bonds. The van der Waals surface area contributed by atoms with Gasteiger partial charge in [-0.3, -0.25) is 0 Å².